The fourth-order valence-electron chi connectivity index (χ4n) is 2.81. The summed E-state index contributed by atoms with van der Waals surface area (Å²) in [4.78, 5) is 28.5. The zero-order valence-electron chi connectivity index (χ0n) is 15.6. The number of anilines is 1. The fraction of sp³-hybridized carbons (Fsp3) is 0.263. The molecule has 0 bridgehead atoms. The van der Waals surface area contributed by atoms with E-state index in [2.05, 4.69) is 15.4 Å². The Bertz CT molecular complexity index is 1030. The van der Waals surface area contributed by atoms with E-state index in [4.69, 9.17) is 9.47 Å². The van der Waals surface area contributed by atoms with Gasteiger partial charge < -0.3 is 14.8 Å². The van der Waals surface area contributed by atoms with Crippen LogP contribution in [0.1, 0.15) is 29.8 Å². The summed E-state index contributed by atoms with van der Waals surface area (Å²) < 4.78 is 11.9. The lowest BCUT2D eigenvalue weighted by molar-refractivity contribution is -0.114. The van der Waals surface area contributed by atoms with Crippen LogP contribution in [0, 0.1) is 6.92 Å². The zero-order chi connectivity index (χ0) is 19.6. The summed E-state index contributed by atoms with van der Waals surface area (Å²) >= 11 is 0. The lowest BCUT2D eigenvalue weighted by atomic mass is 10.1. The molecule has 0 fully saturated rings. The van der Waals surface area contributed by atoms with Gasteiger partial charge in [-0.1, -0.05) is 12.1 Å². The first-order chi connectivity index (χ1) is 13.0. The minimum Gasteiger partial charge on any atom is -0.494 e. The minimum atomic E-state index is -0.567. The molecule has 140 valence electrons. The van der Waals surface area contributed by atoms with Crippen LogP contribution in [0.5, 0.6) is 5.75 Å². The van der Waals surface area contributed by atoms with E-state index in [0.29, 0.717) is 17.1 Å². The molecule has 3 aromatic rings. The maximum Gasteiger partial charge on any atom is 0.343 e. The number of pyridine rings is 1. The molecule has 8 nitrogen and oxygen atoms in total. The van der Waals surface area contributed by atoms with Crippen molar-refractivity contribution < 1.29 is 19.1 Å². The van der Waals surface area contributed by atoms with Gasteiger partial charge in [0.25, 0.3) is 0 Å². The predicted molar refractivity (Wildman–Crippen MR) is 100 cm³/mol. The quantitative estimate of drug-likeness (QED) is 0.696. The summed E-state index contributed by atoms with van der Waals surface area (Å²) in [6.07, 6.45) is 1.35. The highest BCUT2D eigenvalue weighted by Crippen LogP contribution is 2.29. The topological polar surface area (TPSA) is 95.3 Å². The Morgan fingerprint density at radius 1 is 1.30 bits per heavy atom. The van der Waals surface area contributed by atoms with Crippen molar-refractivity contribution in [2.75, 3.05) is 19.0 Å². The summed E-state index contributed by atoms with van der Waals surface area (Å²) in [5.41, 5.74) is 1.78. The Hall–Kier alpha value is -3.42. The van der Waals surface area contributed by atoms with Gasteiger partial charge in [0, 0.05) is 12.3 Å². The Morgan fingerprint density at radius 2 is 2.07 bits per heavy atom. The van der Waals surface area contributed by atoms with E-state index in [-0.39, 0.29) is 23.9 Å². The van der Waals surface area contributed by atoms with Crippen molar-refractivity contribution in [3.63, 3.8) is 0 Å². The summed E-state index contributed by atoms with van der Waals surface area (Å²) in [6.45, 7) is 5.23. The van der Waals surface area contributed by atoms with Crippen molar-refractivity contribution in [2.24, 2.45) is 0 Å². The Balaban J connectivity index is 2.21. The van der Waals surface area contributed by atoms with Crippen LogP contribution in [0.25, 0.3) is 16.7 Å². The number of hydrogen-bond acceptors (Lipinski definition) is 6. The van der Waals surface area contributed by atoms with E-state index in [9.17, 15) is 9.59 Å². The second-order valence-electron chi connectivity index (χ2n) is 5.87. The molecule has 0 atom stereocenters. The lowest BCUT2D eigenvalue weighted by Crippen LogP contribution is -2.15. The Morgan fingerprint density at radius 3 is 2.74 bits per heavy atom. The number of aromatic nitrogens is 3. The number of fused-ring (bicyclic) bond motifs is 1. The van der Waals surface area contributed by atoms with Gasteiger partial charge in [0.15, 0.2) is 11.6 Å². The second-order valence-corrected chi connectivity index (χ2v) is 5.87. The van der Waals surface area contributed by atoms with E-state index in [1.807, 2.05) is 31.2 Å². The summed E-state index contributed by atoms with van der Waals surface area (Å²) in [5, 5.41) is 7.83. The van der Waals surface area contributed by atoms with Crippen LogP contribution in [0.4, 0.5) is 5.82 Å². The van der Waals surface area contributed by atoms with Crippen LogP contribution < -0.4 is 10.1 Å². The van der Waals surface area contributed by atoms with Crippen molar-refractivity contribution in [3.05, 3.63) is 41.6 Å². The number of nitrogens with one attached hydrogen (secondary N) is 1. The standard InChI is InChI=1S/C19H20N4O4/c1-5-27-19(25)14-10-20-23(18(14)21-12(3)24)16-9-11(2)13-7-6-8-15(26-4)17(13)22-16/h6-10H,5H2,1-4H3,(H,21,24). The number of methoxy groups -OCH3 is 1. The molecule has 0 saturated heterocycles. The van der Waals surface area contributed by atoms with E-state index in [0.717, 1.165) is 10.9 Å². The molecule has 3 rings (SSSR count). The normalized spacial score (nSPS) is 10.7. The monoisotopic (exact) mass is 368 g/mol. The van der Waals surface area contributed by atoms with Crippen molar-refractivity contribution >= 4 is 28.6 Å². The van der Waals surface area contributed by atoms with Gasteiger partial charge in [0.1, 0.15) is 16.8 Å². The first kappa shape index (κ1) is 18.4. The van der Waals surface area contributed by atoms with Gasteiger partial charge in [0.05, 0.1) is 19.9 Å². The second kappa shape index (κ2) is 7.45. The van der Waals surface area contributed by atoms with E-state index >= 15 is 0 Å². The molecule has 0 spiro atoms. The van der Waals surface area contributed by atoms with Crippen LogP contribution >= 0.6 is 0 Å². The molecule has 0 aliphatic carbocycles. The minimum absolute atomic E-state index is 0.159. The number of nitrogens with zero attached hydrogens (tertiary/aromatic N) is 3. The molecule has 2 aromatic heterocycles. The van der Waals surface area contributed by atoms with Gasteiger partial charge in [-0.2, -0.15) is 9.78 Å². The average molecular weight is 368 g/mol. The molecule has 0 radical (unpaired) electrons. The third kappa shape index (κ3) is 3.46. The van der Waals surface area contributed by atoms with Crippen molar-refractivity contribution in [1.29, 1.82) is 0 Å². The van der Waals surface area contributed by atoms with Crippen molar-refractivity contribution in [2.45, 2.75) is 20.8 Å². The highest BCUT2D eigenvalue weighted by molar-refractivity contribution is 6.00. The number of carbonyl (C=O) groups excluding carboxylic acids is 2. The molecule has 1 aromatic carbocycles. The van der Waals surface area contributed by atoms with Crippen molar-refractivity contribution in [3.8, 4) is 11.6 Å². The molecule has 8 heteroatoms. The first-order valence-corrected chi connectivity index (χ1v) is 8.43. The molecule has 1 N–H and O–H groups in total. The molecule has 0 saturated carbocycles. The smallest absolute Gasteiger partial charge is 0.343 e. The highest BCUT2D eigenvalue weighted by Gasteiger charge is 2.22. The number of carbonyl (C=O) groups is 2. The van der Waals surface area contributed by atoms with Gasteiger partial charge in [0.2, 0.25) is 5.91 Å². The van der Waals surface area contributed by atoms with E-state index < -0.39 is 5.97 Å². The van der Waals surface area contributed by atoms with E-state index in [1.165, 1.54) is 17.8 Å². The third-order valence-electron chi connectivity index (χ3n) is 3.99. The number of esters is 1. The summed E-state index contributed by atoms with van der Waals surface area (Å²) in [7, 11) is 1.58. The average Bonchev–Trinajstić information content (AvgIpc) is 3.04. The number of para-hydroxylation sites is 1. The number of hydrogen-bond donors (Lipinski definition) is 1. The number of amides is 1. The SMILES string of the molecule is CCOC(=O)c1cnn(-c2cc(C)c3cccc(OC)c3n2)c1NC(C)=O. The molecule has 1 amide bonds. The van der Waals surface area contributed by atoms with Gasteiger partial charge in [-0.3, -0.25) is 4.79 Å². The number of aryl methyl sites for hydroxylation is 1. The predicted octanol–water partition coefficient (Wildman–Crippen LogP) is 2.87. The van der Waals surface area contributed by atoms with Gasteiger partial charge >= 0.3 is 5.97 Å². The number of rotatable bonds is 5. The largest absolute Gasteiger partial charge is 0.494 e. The lowest BCUT2D eigenvalue weighted by Gasteiger charge is -2.12. The Kier molecular flexibility index (Phi) is 5.07. The molecule has 27 heavy (non-hydrogen) atoms. The maximum atomic E-state index is 12.2. The zero-order valence-corrected chi connectivity index (χ0v) is 15.6. The number of ether oxygens (including phenoxy) is 2. The van der Waals surface area contributed by atoms with Gasteiger partial charge in [-0.05, 0) is 31.5 Å². The third-order valence-corrected chi connectivity index (χ3v) is 3.99. The highest BCUT2D eigenvalue weighted by atomic mass is 16.5. The van der Waals surface area contributed by atoms with Crippen LogP contribution in [0.2, 0.25) is 0 Å². The Labute approximate surface area is 156 Å². The maximum absolute atomic E-state index is 12.2. The summed E-state index contributed by atoms with van der Waals surface area (Å²) in [6, 6.07) is 7.49. The molecular weight excluding hydrogens is 348 g/mol. The van der Waals surface area contributed by atoms with E-state index in [1.54, 1.807) is 14.0 Å². The molecule has 2 heterocycles. The van der Waals surface area contributed by atoms with Crippen molar-refractivity contribution in [1.82, 2.24) is 14.8 Å². The van der Waals surface area contributed by atoms with Crippen LogP contribution in [0.15, 0.2) is 30.5 Å². The van der Waals surface area contributed by atoms with Gasteiger partial charge in [-0.25, -0.2) is 9.78 Å². The van der Waals surface area contributed by atoms with Crippen LogP contribution in [-0.2, 0) is 9.53 Å². The fourth-order valence-corrected chi connectivity index (χ4v) is 2.81. The molecule has 0 aliphatic heterocycles. The molecule has 0 aliphatic rings. The molecule has 0 unspecified atom stereocenters. The number of benzene rings is 1. The van der Waals surface area contributed by atoms with Gasteiger partial charge in [-0.15, -0.1) is 0 Å². The van der Waals surface area contributed by atoms with Crippen LogP contribution in [-0.4, -0.2) is 40.4 Å². The first-order valence-electron chi connectivity index (χ1n) is 8.43. The molecular formula is C19H20N4O4. The summed E-state index contributed by atoms with van der Waals surface area (Å²) in [5.74, 6) is 0.377. The van der Waals surface area contributed by atoms with Crippen LogP contribution in [0.3, 0.4) is 0 Å².